The molecule has 0 aliphatic heterocycles. The van der Waals surface area contributed by atoms with Gasteiger partial charge >= 0.3 is 5.97 Å². The Balaban J connectivity index is 3.16. The van der Waals surface area contributed by atoms with Gasteiger partial charge in [0.2, 0.25) is 0 Å². The Morgan fingerprint density at radius 3 is 0.936 bits per heavy atom. The van der Waals surface area contributed by atoms with Gasteiger partial charge in [-0.25, -0.2) is 0 Å². The maximum atomic E-state index is 12.0. The van der Waals surface area contributed by atoms with Crippen molar-refractivity contribution in [1.29, 1.82) is 0 Å². The van der Waals surface area contributed by atoms with Gasteiger partial charge in [-0.15, -0.1) is 0 Å². The summed E-state index contributed by atoms with van der Waals surface area (Å²) in [6, 6.07) is 0. The van der Waals surface area contributed by atoms with Crippen molar-refractivity contribution in [2.45, 2.75) is 264 Å². The number of esters is 1. The molecule has 47 heavy (non-hydrogen) atoms. The summed E-state index contributed by atoms with van der Waals surface area (Å²) in [6.07, 6.45) is 57.5. The number of carbonyl (C=O) groups excluding carboxylic acids is 1. The number of allylic oxidation sites excluding steroid dienone is 2. The van der Waals surface area contributed by atoms with Crippen molar-refractivity contribution in [1.82, 2.24) is 0 Å². The van der Waals surface area contributed by atoms with Crippen LogP contribution in [0.4, 0.5) is 0 Å². The maximum Gasteiger partial charge on any atom is 0.305 e. The van der Waals surface area contributed by atoms with E-state index < -0.39 is 0 Å². The van der Waals surface area contributed by atoms with Crippen molar-refractivity contribution in [2.75, 3.05) is 6.61 Å². The highest BCUT2D eigenvalue weighted by Gasteiger charge is 2.03. The molecule has 0 aliphatic rings. The summed E-state index contributed by atoms with van der Waals surface area (Å²) in [5, 5.41) is 0. The molecule has 0 heterocycles. The fraction of sp³-hybridized carbons (Fsp3) is 0.933. The fourth-order valence-electron chi connectivity index (χ4n) is 6.84. The highest BCUT2D eigenvalue weighted by molar-refractivity contribution is 5.69. The summed E-state index contributed by atoms with van der Waals surface area (Å²) in [6.45, 7) is 5.21. The number of ether oxygens (including phenoxy) is 1. The first-order valence-electron chi connectivity index (χ1n) is 22.1. The number of hydrogen-bond acceptors (Lipinski definition) is 2. The van der Waals surface area contributed by atoms with Gasteiger partial charge in [0.1, 0.15) is 0 Å². The molecular formula is C45H88O2. The molecule has 0 aromatic carbocycles. The third kappa shape index (κ3) is 43.2. The number of rotatable bonds is 41. The van der Waals surface area contributed by atoms with Crippen LogP contribution >= 0.6 is 0 Å². The third-order valence-corrected chi connectivity index (χ3v) is 10.2. The molecule has 0 saturated carbocycles. The van der Waals surface area contributed by atoms with E-state index in [1.54, 1.807) is 0 Å². The van der Waals surface area contributed by atoms with Crippen molar-refractivity contribution in [3.05, 3.63) is 12.2 Å². The second kappa shape index (κ2) is 43.2. The Hall–Kier alpha value is -0.790. The van der Waals surface area contributed by atoms with Gasteiger partial charge in [0.05, 0.1) is 6.61 Å². The van der Waals surface area contributed by atoms with Crippen molar-refractivity contribution in [2.24, 2.45) is 0 Å². The summed E-state index contributed by atoms with van der Waals surface area (Å²) in [5.74, 6) is 0.0267. The van der Waals surface area contributed by atoms with Gasteiger partial charge in [-0.1, -0.05) is 231 Å². The first-order chi connectivity index (χ1) is 23.3. The van der Waals surface area contributed by atoms with Crippen LogP contribution in [0, 0.1) is 0 Å². The van der Waals surface area contributed by atoms with Crippen LogP contribution in [0.15, 0.2) is 12.2 Å². The minimum Gasteiger partial charge on any atom is -0.466 e. The van der Waals surface area contributed by atoms with Gasteiger partial charge in [0.25, 0.3) is 0 Å². The SMILES string of the molecule is CCCCCCC=CCCCCCCCCCCCC(=O)OCCCCCCCCCCCCCCCCCCCCCCCCC. The Morgan fingerprint density at radius 2 is 0.596 bits per heavy atom. The lowest BCUT2D eigenvalue weighted by Gasteiger charge is -2.06. The van der Waals surface area contributed by atoms with Crippen LogP contribution in [0.3, 0.4) is 0 Å². The largest absolute Gasteiger partial charge is 0.466 e. The van der Waals surface area contributed by atoms with Crippen molar-refractivity contribution < 1.29 is 9.53 Å². The Labute approximate surface area is 297 Å². The molecule has 0 aliphatic carbocycles. The van der Waals surface area contributed by atoms with Crippen LogP contribution < -0.4 is 0 Å². The van der Waals surface area contributed by atoms with Gasteiger partial charge in [-0.3, -0.25) is 4.79 Å². The van der Waals surface area contributed by atoms with Gasteiger partial charge in [0, 0.05) is 6.42 Å². The predicted molar refractivity (Wildman–Crippen MR) is 212 cm³/mol. The molecule has 0 bridgehead atoms. The summed E-state index contributed by atoms with van der Waals surface area (Å²) in [4.78, 5) is 12.0. The summed E-state index contributed by atoms with van der Waals surface area (Å²) >= 11 is 0. The van der Waals surface area contributed by atoms with E-state index in [1.165, 1.54) is 231 Å². The van der Waals surface area contributed by atoms with E-state index in [0.29, 0.717) is 13.0 Å². The highest BCUT2D eigenvalue weighted by atomic mass is 16.5. The molecule has 0 N–H and O–H groups in total. The molecule has 0 rings (SSSR count). The van der Waals surface area contributed by atoms with Gasteiger partial charge in [-0.2, -0.15) is 0 Å². The second-order valence-corrected chi connectivity index (χ2v) is 15.0. The van der Waals surface area contributed by atoms with E-state index in [9.17, 15) is 4.79 Å². The molecule has 2 heteroatoms. The normalized spacial score (nSPS) is 11.6. The Morgan fingerprint density at radius 1 is 0.340 bits per heavy atom. The van der Waals surface area contributed by atoms with Crippen LogP contribution in [0.2, 0.25) is 0 Å². The van der Waals surface area contributed by atoms with E-state index in [1.807, 2.05) is 0 Å². The zero-order valence-corrected chi connectivity index (χ0v) is 32.8. The van der Waals surface area contributed by atoms with Crippen LogP contribution in [0.1, 0.15) is 264 Å². The molecule has 0 atom stereocenters. The van der Waals surface area contributed by atoms with Crippen LogP contribution in [-0.2, 0) is 9.53 Å². The molecule has 0 unspecified atom stereocenters. The van der Waals surface area contributed by atoms with Crippen molar-refractivity contribution >= 4 is 5.97 Å². The molecule has 0 radical (unpaired) electrons. The monoisotopic (exact) mass is 661 g/mol. The molecular weight excluding hydrogens is 572 g/mol. The van der Waals surface area contributed by atoms with E-state index in [-0.39, 0.29) is 5.97 Å². The summed E-state index contributed by atoms with van der Waals surface area (Å²) in [7, 11) is 0. The van der Waals surface area contributed by atoms with E-state index in [0.717, 1.165) is 12.8 Å². The Bertz CT molecular complexity index is 597. The highest BCUT2D eigenvalue weighted by Crippen LogP contribution is 2.16. The van der Waals surface area contributed by atoms with Crippen LogP contribution in [-0.4, -0.2) is 12.6 Å². The smallest absolute Gasteiger partial charge is 0.305 e. The maximum absolute atomic E-state index is 12.0. The Kier molecular flexibility index (Phi) is 42.5. The van der Waals surface area contributed by atoms with Crippen LogP contribution in [0.25, 0.3) is 0 Å². The molecule has 0 fully saturated rings. The van der Waals surface area contributed by atoms with Crippen molar-refractivity contribution in [3.63, 3.8) is 0 Å². The van der Waals surface area contributed by atoms with E-state index >= 15 is 0 Å². The lowest BCUT2D eigenvalue weighted by atomic mass is 10.0. The van der Waals surface area contributed by atoms with Gasteiger partial charge in [-0.05, 0) is 38.5 Å². The topological polar surface area (TPSA) is 26.3 Å². The number of unbranched alkanes of at least 4 members (excludes halogenated alkanes) is 35. The average Bonchev–Trinajstić information content (AvgIpc) is 3.08. The number of carbonyl (C=O) groups is 1. The van der Waals surface area contributed by atoms with Crippen LogP contribution in [0.5, 0.6) is 0 Å². The minimum atomic E-state index is 0.0267. The molecule has 0 spiro atoms. The second-order valence-electron chi connectivity index (χ2n) is 15.0. The van der Waals surface area contributed by atoms with Gasteiger partial charge in [0.15, 0.2) is 0 Å². The molecule has 0 aromatic rings. The molecule has 0 amide bonds. The zero-order chi connectivity index (χ0) is 34.0. The zero-order valence-electron chi connectivity index (χ0n) is 32.8. The summed E-state index contributed by atoms with van der Waals surface area (Å²) in [5.41, 5.74) is 0. The third-order valence-electron chi connectivity index (χ3n) is 10.2. The quantitative estimate of drug-likeness (QED) is 0.0370. The lowest BCUT2D eigenvalue weighted by Crippen LogP contribution is -2.05. The first kappa shape index (κ1) is 46.2. The standard InChI is InChI=1S/C45H88O2/c1-3-5-7-9-11-13-15-17-19-21-22-23-24-25-26-28-30-32-34-36-38-40-42-44-47-45(46)43-41-39-37-35-33-31-29-27-20-18-16-14-12-10-8-6-4-2/h14,16H,3-13,15,17-44H2,1-2H3. The predicted octanol–water partition coefficient (Wildman–Crippen LogP) is 16.3. The fourth-order valence-corrected chi connectivity index (χ4v) is 6.84. The first-order valence-corrected chi connectivity index (χ1v) is 22.1. The molecule has 280 valence electrons. The average molecular weight is 661 g/mol. The number of hydrogen-bond donors (Lipinski definition) is 0. The molecule has 2 nitrogen and oxygen atoms in total. The van der Waals surface area contributed by atoms with Gasteiger partial charge < -0.3 is 4.74 Å². The minimum absolute atomic E-state index is 0.0267. The molecule has 0 saturated heterocycles. The van der Waals surface area contributed by atoms with E-state index in [4.69, 9.17) is 4.74 Å². The summed E-state index contributed by atoms with van der Waals surface area (Å²) < 4.78 is 5.47. The van der Waals surface area contributed by atoms with E-state index in [2.05, 4.69) is 26.0 Å². The van der Waals surface area contributed by atoms with Crippen molar-refractivity contribution in [3.8, 4) is 0 Å². The lowest BCUT2D eigenvalue weighted by molar-refractivity contribution is -0.143. The molecule has 0 aromatic heterocycles.